The van der Waals surface area contributed by atoms with Gasteiger partial charge in [0.05, 0.1) is 36.9 Å². The Hall–Kier alpha value is -3.31. The number of esters is 1. The van der Waals surface area contributed by atoms with Crippen LogP contribution < -0.4 is 5.32 Å². The number of rotatable bonds is 6. The minimum absolute atomic E-state index is 0.0349. The molecule has 2 fully saturated rings. The van der Waals surface area contributed by atoms with E-state index >= 15 is 0 Å². The molecule has 3 aromatic heterocycles. The molecule has 0 saturated heterocycles. The highest BCUT2D eigenvalue weighted by molar-refractivity contribution is 6.32. The van der Waals surface area contributed by atoms with Crippen molar-refractivity contribution in [2.24, 2.45) is 17.3 Å². The van der Waals surface area contributed by atoms with Gasteiger partial charge >= 0.3 is 11.9 Å². The third-order valence-corrected chi connectivity index (χ3v) is 8.80. The molecule has 2 aliphatic rings. The third kappa shape index (κ3) is 7.32. The maximum Gasteiger partial charge on any atom is 0.309 e. The minimum atomic E-state index is -0.785. The topological polar surface area (TPSA) is 149 Å². The van der Waals surface area contributed by atoms with E-state index in [-0.39, 0.29) is 35.4 Å². The van der Waals surface area contributed by atoms with Crippen molar-refractivity contribution in [1.29, 1.82) is 0 Å². The van der Waals surface area contributed by atoms with Crippen LogP contribution in [0.2, 0.25) is 10.3 Å². The van der Waals surface area contributed by atoms with Gasteiger partial charge in [-0.1, -0.05) is 23.2 Å². The van der Waals surface area contributed by atoms with Crippen LogP contribution in [0.15, 0.2) is 31.0 Å². The summed E-state index contributed by atoms with van der Waals surface area (Å²) in [5, 5.41) is 12.7. The molecule has 0 spiro atoms. The standard InChI is InChI=1S/C14H18ClN3O3.C14H16ClN3O2/c1-14(13(20)21)4-2-9(3-5-14)12(19)18-8-10-11(15)17-7-6-16-10;1-20-14(19)10-4-2-9(3-5-10)13-17-8-11-12(15)16-6-7-18(11)13/h6-7,9H,2-5,8H2,1H3,(H,18,19)(H,20,21);6-10H,2-5H2,1H3. The molecule has 0 atom stereocenters. The van der Waals surface area contributed by atoms with Crippen molar-refractivity contribution in [2.45, 2.75) is 70.8 Å². The van der Waals surface area contributed by atoms with Crippen molar-refractivity contribution >= 4 is 46.6 Å². The molecule has 2 aliphatic carbocycles. The second kappa shape index (κ2) is 13.6. The Morgan fingerprint density at radius 3 is 2.27 bits per heavy atom. The van der Waals surface area contributed by atoms with Gasteiger partial charge in [0, 0.05) is 36.6 Å². The quantitative estimate of drug-likeness (QED) is 0.376. The molecule has 13 heteroatoms. The number of hydrogen-bond acceptors (Lipinski definition) is 8. The summed E-state index contributed by atoms with van der Waals surface area (Å²) in [6, 6.07) is 0. The van der Waals surface area contributed by atoms with E-state index in [1.165, 1.54) is 19.5 Å². The fraction of sp³-hybridized carbons (Fsp3) is 0.536. The Balaban J connectivity index is 0.000000189. The number of halogens is 2. The maximum absolute atomic E-state index is 12.1. The van der Waals surface area contributed by atoms with E-state index in [4.69, 9.17) is 27.9 Å². The first-order valence-electron chi connectivity index (χ1n) is 13.6. The number of carboxylic acid groups (broad SMARTS) is 1. The SMILES string of the molecule is CC1(C(=O)O)CCC(C(=O)NCc2nccnc2Cl)CC1.COC(=O)C1CCC(c2ncc3c(Cl)nccn23)CC1. The van der Waals surface area contributed by atoms with Crippen molar-refractivity contribution in [3.8, 4) is 0 Å². The van der Waals surface area contributed by atoms with Gasteiger partial charge in [0.2, 0.25) is 5.91 Å². The van der Waals surface area contributed by atoms with Crippen molar-refractivity contribution in [3.05, 3.63) is 52.8 Å². The number of nitrogens with one attached hydrogen (secondary N) is 1. The van der Waals surface area contributed by atoms with Gasteiger partial charge in [0.15, 0.2) is 10.3 Å². The lowest BCUT2D eigenvalue weighted by Gasteiger charge is -2.33. The van der Waals surface area contributed by atoms with Crippen LogP contribution in [0.5, 0.6) is 0 Å². The number of nitrogens with zero attached hydrogens (tertiary/aromatic N) is 5. The predicted octanol–water partition coefficient (Wildman–Crippen LogP) is 4.86. The maximum atomic E-state index is 12.1. The number of amides is 1. The van der Waals surface area contributed by atoms with E-state index in [0.29, 0.717) is 42.4 Å². The first kappa shape index (κ1) is 30.6. The molecule has 1 amide bonds. The van der Waals surface area contributed by atoms with E-state index in [2.05, 4.69) is 25.3 Å². The molecule has 2 saturated carbocycles. The van der Waals surface area contributed by atoms with E-state index in [0.717, 1.165) is 37.0 Å². The number of methoxy groups -OCH3 is 1. The van der Waals surface area contributed by atoms with Crippen LogP contribution in [-0.4, -0.2) is 54.4 Å². The Kier molecular flexibility index (Phi) is 10.1. The second-order valence-corrected chi connectivity index (χ2v) is 11.5. The molecular weight excluding hydrogens is 571 g/mol. The summed E-state index contributed by atoms with van der Waals surface area (Å²) < 4.78 is 6.81. The van der Waals surface area contributed by atoms with E-state index in [1.54, 1.807) is 19.3 Å². The lowest BCUT2D eigenvalue weighted by molar-refractivity contribution is -0.151. The molecule has 11 nitrogen and oxygen atoms in total. The summed E-state index contributed by atoms with van der Waals surface area (Å²) >= 11 is 11.9. The Morgan fingerprint density at radius 1 is 0.976 bits per heavy atom. The first-order valence-corrected chi connectivity index (χ1v) is 14.4. The molecule has 41 heavy (non-hydrogen) atoms. The molecule has 220 valence electrons. The van der Waals surface area contributed by atoms with Crippen LogP contribution in [0.25, 0.3) is 5.52 Å². The van der Waals surface area contributed by atoms with Crippen LogP contribution in [-0.2, 0) is 25.7 Å². The molecule has 0 aromatic carbocycles. The highest BCUT2D eigenvalue weighted by Crippen LogP contribution is 2.39. The van der Waals surface area contributed by atoms with E-state index < -0.39 is 11.4 Å². The van der Waals surface area contributed by atoms with Crippen LogP contribution in [0.1, 0.15) is 75.7 Å². The van der Waals surface area contributed by atoms with Gasteiger partial charge in [0.25, 0.3) is 0 Å². The number of fused-ring (bicyclic) bond motifs is 1. The van der Waals surface area contributed by atoms with Gasteiger partial charge in [0.1, 0.15) is 11.3 Å². The number of aromatic nitrogens is 5. The van der Waals surface area contributed by atoms with Gasteiger partial charge in [-0.3, -0.25) is 23.8 Å². The molecule has 3 aromatic rings. The average Bonchev–Trinajstić information content (AvgIpc) is 3.42. The molecule has 0 aliphatic heterocycles. The number of carboxylic acids is 1. The first-order chi connectivity index (χ1) is 19.6. The number of carbonyl (C=O) groups is 3. The summed E-state index contributed by atoms with van der Waals surface area (Å²) in [6.07, 6.45) is 14.1. The number of ether oxygens (including phenoxy) is 1. The largest absolute Gasteiger partial charge is 0.481 e. The van der Waals surface area contributed by atoms with Crippen LogP contribution in [0, 0.1) is 17.3 Å². The second-order valence-electron chi connectivity index (χ2n) is 10.8. The van der Waals surface area contributed by atoms with Gasteiger partial charge in [-0.25, -0.2) is 15.0 Å². The fourth-order valence-electron chi connectivity index (χ4n) is 5.49. The lowest BCUT2D eigenvalue weighted by atomic mass is 9.71. The molecule has 0 unspecified atom stereocenters. The number of imidazole rings is 1. The third-order valence-electron chi connectivity index (χ3n) is 8.20. The van der Waals surface area contributed by atoms with E-state index in [1.807, 2.05) is 10.6 Å². The lowest BCUT2D eigenvalue weighted by Crippen LogP contribution is -2.38. The van der Waals surface area contributed by atoms with Crippen LogP contribution in [0.4, 0.5) is 0 Å². The van der Waals surface area contributed by atoms with Crippen molar-refractivity contribution in [1.82, 2.24) is 29.7 Å². The molecule has 0 radical (unpaired) electrons. The minimum Gasteiger partial charge on any atom is -0.481 e. The molecule has 5 rings (SSSR count). The fourth-order valence-corrected chi connectivity index (χ4v) is 5.85. The summed E-state index contributed by atoms with van der Waals surface area (Å²) in [4.78, 5) is 51.3. The number of carbonyl (C=O) groups excluding carboxylic acids is 2. The van der Waals surface area contributed by atoms with Gasteiger partial charge in [-0.2, -0.15) is 0 Å². The summed E-state index contributed by atoms with van der Waals surface area (Å²) in [7, 11) is 1.45. The molecule has 2 N–H and O–H groups in total. The number of hydrogen-bond donors (Lipinski definition) is 2. The zero-order chi connectivity index (χ0) is 29.6. The Labute approximate surface area is 248 Å². The zero-order valence-corrected chi connectivity index (χ0v) is 24.6. The Morgan fingerprint density at radius 2 is 1.63 bits per heavy atom. The van der Waals surface area contributed by atoms with Crippen molar-refractivity contribution in [2.75, 3.05) is 7.11 Å². The van der Waals surface area contributed by atoms with Gasteiger partial charge in [-0.05, 0) is 58.3 Å². The smallest absolute Gasteiger partial charge is 0.309 e. The Bertz CT molecular complexity index is 1380. The molecular formula is C28H34Cl2N6O5. The molecule has 3 heterocycles. The van der Waals surface area contributed by atoms with Gasteiger partial charge < -0.3 is 15.2 Å². The predicted molar refractivity (Wildman–Crippen MR) is 151 cm³/mol. The number of aliphatic carboxylic acids is 1. The molecule has 0 bridgehead atoms. The average molecular weight is 606 g/mol. The van der Waals surface area contributed by atoms with Crippen LogP contribution >= 0.6 is 23.2 Å². The van der Waals surface area contributed by atoms with Crippen LogP contribution in [0.3, 0.4) is 0 Å². The highest BCUT2D eigenvalue weighted by Gasteiger charge is 2.39. The van der Waals surface area contributed by atoms with E-state index in [9.17, 15) is 19.5 Å². The summed E-state index contributed by atoms with van der Waals surface area (Å²) in [5.41, 5.74) is 0.656. The summed E-state index contributed by atoms with van der Waals surface area (Å²) in [6.45, 7) is 1.97. The monoisotopic (exact) mass is 604 g/mol. The summed E-state index contributed by atoms with van der Waals surface area (Å²) in [5.74, 6) is 0.297. The van der Waals surface area contributed by atoms with Crippen molar-refractivity contribution < 1.29 is 24.2 Å². The van der Waals surface area contributed by atoms with Gasteiger partial charge in [-0.15, -0.1) is 0 Å². The van der Waals surface area contributed by atoms with Crippen molar-refractivity contribution in [3.63, 3.8) is 0 Å². The normalized spacial score (nSPS) is 24.1. The zero-order valence-electron chi connectivity index (χ0n) is 23.1. The highest BCUT2D eigenvalue weighted by atomic mass is 35.5.